The zero-order chi connectivity index (χ0) is 19.0. The molecule has 0 bridgehead atoms. The van der Waals surface area contributed by atoms with E-state index < -0.39 is 0 Å². The minimum absolute atomic E-state index is 0.0203. The first-order chi connectivity index (χ1) is 13.0. The fraction of sp³-hybridized carbons (Fsp3) is 0.400. The number of fused-ring (bicyclic) bond motifs is 1. The second-order valence-corrected chi connectivity index (χ2v) is 7.57. The van der Waals surface area contributed by atoms with Gasteiger partial charge in [0.1, 0.15) is 5.82 Å². The van der Waals surface area contributed by atoms with E-state index in [4.69, 9.17) is 11.6 Å². The van der Waals surface area contributed by atoms with Crippen LogP contribution in [0.25, 0.3) is 10.9 Å². The predicted molar refractivity (Wildman–Crippen MR) is 102 cm³/mol. The van der Waals surface area contributed by atoms with E-state index in [0.717, 1.165) is 36.6 Å². The zero-order valence-corrected chi connectivity index (χ0v) is 15.5. The molecular formula is C20H19ClN4O2. The molecule has 7 heteroatoms. The Morgan fingerprint density at radius 1 is 1.11 bits per heavy atom. The van der Waals surface area contributed by atoms with Gasteiger partial charge in [-0.15, -0.1) is 0 Å². The number of rotatable bonds is 3. The Morgan fingerprint density at radius 2 is 1.81 bits per heavy atom. The highest BCUT2D eigenvalue weighted by atomic mass is 35.5. The number of imide groups is 1. The van der Waals surface area contributed by atoms with Gasteiger partial charge in [0.05, 0.1) is 17.1 Å². The minimum atomic E-state index is -0.0371. The third kappa shape index (κ3) is 3.47. The number of pyridine rings is 1. The van der Waals surface area contributed by atoms with Gasteiger partial charge in [-0.2, -0.15) is 5.26 Å². The highest BCUT2D eigenvalue weighted by molar-refractivity contribution is 6.31. The minimum Gasteiger partial charge on any atom is -0.367 e. The van der Waals surface area contributed by atoms with Gasteiger partial charge < -0.3 is 5.32 Å². The molecular weight excluding hydrogens is 364 g/mol. The van der Waals surface area contributed by atoms with Crippen molar-refractivity contribution in [1.82, 2.24) is 9.88 Å². The van der Waals surface area contributed by atoms with Gasteiger partial charge in [0, 0.05) is 35.3 Å². The van der Waals surface area contributed by atoms with Gasteiger partial charge >= 0.3 is 0 Å². The van der Waals surface area contributed by atoms with Crippen molar-refractivity contribution in [1.29, 1.82) is 5.26 Å². The summed E-state index contributed by atoms with van der Waals surface area (Å²) in [4.78, 5) is 29.9. The van der Waals surface area contributed by atoms with E-state index in [9.17, 15) is 14.9 Å². The maximum absolute atomic E-state index is 11.9. The van der Waals surface area contributed by atoms with Gasteiger partial charge in [0.2, 0.25) is 11.8 Å². The number of aromatic nitrogens is 1. The first-order valence-corrected chi connectivity index (χ1v) is 9.55. The molecule has 2 heterocycles. The number of hydrogen-bond donors (Lipinski definition) is 1. The molecule has 0 spiro atoms. The largest absolute Gasteiger partial charge is 0.367 e. The topological polar surface area (TPSA) is 86.1 Å². The molecule has 27 heavy (non-hydrogen) atoms. The maximum Gasteiger partial charge on any atom is 0.229 e. The molecule has 1 saturated heterocycles. The zero-order valence-electron chi connectivity index (χ0n) is 14.7. The third-order valence-electron chi connectivity index (χ3n) is 5.40. The average Bonchev–Trinajstić information content (AvgIpc) is 3.00. The lowest BCUT2D eigenvalue weighted by Gasteiger charge is -2.34. The molecule has 0 radical (unpaired) electrons. The summed E-state index contributed by atoms with van der Waals surface area (Å²) in [6.45, 7) is 0. The van der Waals surface area contributed by atoms with Crippen LogP contribution in [0.2, 0.25) is 5.02 Å². The molecule has 1 aliphatic heterocycles. The molecule has 1 aliphatic carbocycles. The molecule has 0 atom stereocenters. The molecule has 6 nitrogen and oxygen atoms in total. The molecule has 138 valence electrons. The first kappa shape index (κ1) is 17.7. The monoisotopic (exact) mass is 382 g/mol. The quantitative estimate of drug-likeness (QED) is 0.819. The van der Waals surface area contributed by atoms with E-state index in [1.54, 1.807) is 18.2 Å². The number of halogens is 1. The molecule has 2 aliphatic rings. The number of likely N-dealkylation sites (tertiary alicyclic amines) is 1. The number of amides is 2. The summed E-state index contributed by atoms with van der Waals surface area (Å²) in [5.74, 6) is 0.591. The summed E-state index contributed by atoms with van der Waals surface area (Å²) in [6.07, 6.45) is 3.98. The van der Waals surface area contributed by atoms with Crippen molar-refractivity contribution in [3.8, 4) is 6.07 Å². The van der Waals surface area contributed by atoms with E-state index in [1.165, 1.54) is 4.90 Å². The summed E-state index contributed by atoms with van der Waals surface area (Å²) >= 11 is 6.03. The molecule has 1 N–H and O–H groups in total. The Balaban J connectivity index is 1.46. The van der Waals surface area contributed by atoms with Crippen LogP contribution in [-0.4, -0.2) is 33.8 Å². The van der Waals surface area contributed by atoms with Crippen LogP contribution in [0.5, 0.6) is 0 Å². The fourth-order valence-electron chi connectivity index (χ4n) is 4.05. The van der Waals surface area contributed by atoms with E-state index in [2.05, 4.69) is 16.4 Å². The van der Waals surface area contributed by atoms with Crippen LogP contribution in [0.3, 0.4) is 0 Å². The predicted octanol–water partition coefficient (Wildman–Crippen LogP) is 3.63. The maximum atomic E-state index is 11.9. The van der Waals surface area contributed by atoms with Crippen molar-refractivity contribution in [2.75, 3.05) is 5.32 Å². The molecule has 2 aromatic rings. The van der Waals surface area contributed by atoms with Gasteiger partial charge in [0.15, 0.2) is 0 Å². The molecule has 2 amide bonds. The van der Waals surface area contributed by atoms with Crippen LogP contribution in [-0.2, 0) is 9.59 Å². The number of nitriles is 1. The van der Waals surface area contributed by atoms with Gasteiger partial charge in [0.25, 0.3) is 0 Å². The fourth-order valence-corrected chi connectivity index (χ4v) is 4.23. The highest BCUT2D eigenvalue weighted by Gasteiger charge is 2.36. The third-order valence-corrected chi connectivity index (χ3v) is 5.63. The normalized spacial score (nSPS) is 22.9. The Bertz CT molecular complexity index is 944. The summed E-state index contributed by atoms with van der Waals surface area (Å²) < 4.78 is 0. The Labute approximate surface area is 162 Å². The standard InChI is InChI=1S/C20H19ClN4O2/c21-13-1-6-17-16(10-13)12(11-22)9-18(24-17)23-14-2-4-15(5-3-14)25-19(26)7-8-20(25)27/h1,6,9-10,14-15H,2-5,7-8H2,(H,23,24). The number of nitrogens with one attached hydrogen (secondary N) is 1. The van der Waals surface area contributed by atoms with E-state index in [-0.39, 0.29) is 23.9 Å². The number of carbonyl (C=O) groups is 2. The Hall–Kier alpha value is -2.65. The lowest BCUT2D eigenvalue weighted by Crippen LogP contribution is -2.43. The molecule has 1 aromatic heterocycles. The van der Waals surface area contributed by atoms with Gasteiger partial charge in [-0.05, 0) is 49.9 Å². The molecule has 1 saturated carbocycles. The summed E-state index contributed by atoms with van der Waals surface area (Å²) in [5.41, 5.74) is 1.26. The SMILES string of the molecule is N#Cc1cc(NC2CCC(N3C(=O)CCC3=O)CC2)nc2ccc(Cl)cc12. The van der Waals surface area contributed by atoms with Gasteiger partial charge in [-0.3, -0.25) is 14.5 Å². The Kier molecular flexibility index (Phi) is 4.71. The second kappa shape index (κ2) is 7.16. The van der Waals surface area contributed by atoms with Crippen molar-refractivity contribution in [3.05, 3.63) is 34.9 Å². The summed E-state index contributed by atoms with van der Waals surface area (Å²) in [7, 11) is 0. The molecule has 0 unspecified atom stereocenters. The number of anilines is 1. The van der Waals surface area contributed by atoms with Crippen LogP contribution >= 0.6 is 11.6 Å². The Morgan fingerprint density at radius 3 is 2.48 bits per heavy atom. The van der Waals surface area contributed by atoms with Crippen LogP contribution in [0, 0.1) is 11.3 Å². The summed E-state index contributed by atoms with van der Waals surface area (Å²) in [6, 6.07) is 9.51. The van der Waals surface area contributed by atoms with E-state index in [1.807, 2.05) is 6.07 Å². The van der Waals surface area contributed by atoms with Crippen molar-refractivity contribution < 1.29 is 9.59 Å². The van der Waals surface area contributed by atoms with Crippen LogP contribution in [0.4, 0.5) is 5.82 Å². The first-order valence-electron chi connectivity index (χ1n) is 9.17. The summed E-state index contributed by atoms with van der Waals surface area (Å²) in [5, 5.41) is 14.2. The van der Waals surface area contributed by atoms with Gasteiger partial charge in [-0.1, -0.05) is 11.6 Å². The van der Waals surface area contributed by atoms with Crippen molar-refractivity contribution in [3.63, 3.8) is 0 Å². The molecule has 4 rings (SSSR count). The van der Waals surface area contributed by atoms with Gasteiger partial charge in [-0.25, -0.2) is 4.98 Å². The van der Waals surface area contributed by atoms with Crippen LogP contribution < -0.4 is 5.32 Å². The number of hydrogen-bond acceptors (Lipinski definition) is 5. The highest BCUT2D eigenvalue weighted by Crippen LogP contribution is 2.30. The second-order valence-electron chi connectivity index (χ2n) is 7.14. The van der Waals surface area contributed by atoms with Crippen LogP contribution in [0.15, 0.2) is 24.3 Å². The van der Waals surface area contributed by atoms with Crippen LogP contribution in [0.1, 0.15) is 44.1 Å². The molecule has 1 aromatic carbocycles. The lowest BCUT2D eigenvalue weighted by atomic mass is 9.90. The van der Waals surface area contributed by atoms with E-state index in [0.29, 0.717) is 29.2 Å². The number of nitrogens with zero attached hydrogens (tertiary/aromatic N) is 3. The van der Waals surface area contributed by atoms with Crippen molar-refractivity contribution in [2.45, 2.75) is 50.6 Å². The lowest BCUT2D eigenvalue weighted by molar-refractivity contribution is -0.141. The average molecular weight is 383 g/mol. The van der Waals surface area contributed by atoms with Crippen molar-refractivity contribution in [2.24, 2.45) is 0 Å². The van der Waals surface area contributed by atoms with Crippen molar-refractivity contribution >= 4 is 40.1 Å². The van der Waals surface area contributed by atoms with E-state index >= 15 is 0 Å². The number of benzene rings is 1. The number of carbonyl (C=O) groups excluding carboxylic acids is 2. The molecule has 2 fully saturated rings. The smallest absolute Gasteiger partial charge is 0.229 e.